The number of nitrogens with one attached hydrogen (secondary N) is 1. The maximum atomic E-state index is 4.53. The Bertz CT molecular complexity index is 424. The van der Waals surface area contributed by atoms with E-state index in [1.165, 1.54) is 5.69 Å². The molecule has 0 amide bonds. The van der Waals surface area contributed by atoms with Gasteiger partial charge in [-0.1, -0.05) is 27.7 Å². The minimum atomic E-state index is 0.103. The molecule has 1 aromatic rings. The molecule has 0 bridgehead atoms. The van der Waals surface area contributed by atoms with Crippen molar-refractivity contribution in [1.29, 1.82) is 0 Å². The van der Waals surface area contributed by atoms with Gasteiger partial charge in [0.05, 0.1) is 22.9 Å². The first kappa shape index (κ1) is 18.7. The van der Waals surface area contributed by atoms with Crippen LogP contribution in [0.2, 0.25) is 0 Å². The van der Waals surface area contributed by atoms with Crippen LogP contribution < -0.4 is 5.32 Å². The third-order valence-corrected chi connectivity index (χ3v) is 4.25. The van der Waals surface area contributed by atoms with E-state index in [1.54, 1.807) is 0 Å². The average Bonchev–Trinajstić information content (AvgIpc) is 2.74. The third-order valence-electron chi connectivity index (χ3n) is 3.67. The summed E-state index contributed by atoms with van der Waals surface area (Å²) in [6.07, 6.45) is 3.03. The summed E-state index contributed by atoms with van der Waals surface area (Å²) < 4.78 is 3.27. The first-order valence-electron chi connectivity index (χ1n) is 7.81. The Morgan fingerprint density at radius 3 is 2.62 bits per heavy atom. The van der Waals surface area contributed by atoms with E-state index in [0.717, 1.165) is 37.1 Å². The van der Waals surface area contributed by atoms with Crippen molar-refractivity contribution in [3.63, 3.8) is 0 Å². The van der Waals surface area contributed by atoms with Crippen LogP contribution in [-0.2, 0) is 12.0 Å². The molecule has 1 rings (SSSR count). The molecule has 21 heavy (non-hydrogen) atoms. The van der Waals surface area contributed by atoms with Crippen molar-refractivity contribution in [3.8, 4) is 0 Å². The maximum Gasteiger partial charge on any atom is 0.0635 e. The fourth-order valence-electron chi connectivity index (χ4n) is 2.41. The number of halogens is 1. The topological polar surface area (TPSA) is 33.1 Å². The average molecular weight is 359 g/mol. The molecule has 0 saturated carbocycles. The summed E-state index contributed by atoms with van der Waals surface area (Å²) >= 11 is 3.67. The highest BCUT2D eigenvalue weighted by Crippen LogP contribution is 2.32. The largest absolute Gasteiger partial charge is 0.316 e. The molecule has 1 aromatic heterocycles. The molecule has 5 heteroatoms. The monoisotopic (exact) mass is 358 g/mol. The van der Waals surface area contributed by atoms with E-state index in [1.807, 2.05) is 6.20 Å². The first-order chi connectivity index (χ1) is 9.74. The zero-order valence-electron chi connectivity index (χ0n) is 14.4. The van der Waals surface area contributed by atoms with Gasteiger partial charge in [-0.25, -0.2) is 0 Å². The van der Waals surface area contributed by atoms with Gasteiger partial charge < -0.3 is 10.2 Å². The summed E-state index contributed by atoms with van der Waals surface area (Å²) in [7, 11) is 4.19. The van der Waals surface area contributed by atoms with Crippen molar-refractivity contribution >= 4 is 15.9 Å². The maximum absolute atomic E-state index is 4.53. The number of hydrogen-bond acceptors (Lipinski definition) is 3. The van der Waals surface area contributed by atoms with E-state index in [-0.39, 0.29) is 5.41 Å². The van der Waals surface area contributed by atoms with E-state index in [0.29, 0.717) is 5.92 Å². The number of nitrogens with zero attached hydrogens (tertiary/aromatic N) is 3. The summed E-state index contributed by atoms with van der Waals surface area (Å²) in [5, 5.41) is 8.07. The molecule has 0 aliphatic carbocycles. The second-order valence-electron chi connectivity index (χ2n) is 7.10. The standard InChI is InChI=1S/C16H31BrN4/c1-13(2)11-18-8-7-16(3,4)15-14(17)12-19-21(15)10-9-20(5)6/h12-13,18H,7-11H2,1-6H3. The molecule has 0 fully saturated rings. The van der Waals surface area contributed by atoms with Crippen molar-refractivity contribution in [2.24, 2.45) is 5.92 Å². The lowest BCUT2D eigenvalue weighted by Gasteiger charge is -2.27. The highest BCUT2D eigenvalue weighted by Gasteiger charge is 2.27. The summed E-state index contributed by atoms with van der Waals surface area (Å²) in [4.78, 5) is 2.19. The summed E-state index contributed by atoms with van der Waals surface area (Å²) in [6, 6.07) is 0. The fourth-order valence-corrected chi connectivity index (χ4v) is 3.24. The van der Waals surface area contributed by atoms with Gasteiger partial charge in [-0.3, -0.25) is 4.68 Å². The zero-order valence-corrected chi connectivity index (χ0v) is 16.0. The molecule has 4 nitrogen and oxygen atoms in total. The Balaban J connectivity index is 2.70. The second-order valence-corrected chi connectivity index (χ2v) is 7.95. The minimum absolute atomic E-state index is 0.103. The molecule has 0 aliphatic heterocycles. The number of aromatic nitrogens is 2. The van der Waals surface area contributed by atoms with Gasteiger partial charge in [0.2, 0.25) is 0 Å². The molecule has 122 valence electrons. The second kappa shape index (κ2) is 8.30. The molecule has 0 unspecified atom stereocenters. The lowest BCUT2D eigenvalue weighted by Crippen LogP contribution is -2.31. The Morgan fingerprint density at radius 2 is 2.05 bits per heavy atom. The van der Waals surface area contributed by atoms with Crippen LogP contribution in [0.25, 0.3) is 0 Å². The smallest absolute Gasteiger partial charge is 0.0635 e. The van der Waals surface area contributed by atoms with E-state index >= 15 is 0 Å². The van der Waals surface area contributed by atoms with E-state index in [4.69, 9.17) is 0 Å². The van der Waals surface area contributed by atoms with Crippen LogP contribution >= 0.6 is 15.9 Å². The van der Waals surface area contributed by atoms with Gasteiger partial charge in [-0.2, -0.15) is 5.10 Å². The Morgan fingerprint density at radius 1 is 1.38 bits per heavy atom. The Labute approximate surface area is 138 Å². The first-order valence-corrected chi connectivity index (χ1v) is 8.60. The molecule has 0 atom stereocenters. The van der Waals surface area contributed by atoms with Crippen molar-refractivity contribution < 1.29 is 0 Å². The predicted octanol–water partition coefficient (Wildman–Crippen LogP) is 3.12. The highest BCUT2D eigenvalue weighted by molar-refractivity contribution is 9.10. The van der Waals surface area contributed by atoms with Gasteiger partial charge in [0.25, 0.3) is 0 Å². The van der Waals surface area contributed by atoms with Gasteiger partial charge in [0, 0.05) is 12.0 Å². The van der Waals surface area contributed by atoms with Crippen LogP contribution in [0.1, 0.15) is 39.8 Å². The van der Waals surface area contributed by atoms with Crippen LogP contribution in [0.15, 0.2) is 10.7 Å². The van der Waals surface area contributed by atoms with Gasteiger partial charge in [-0.15, -0.1) is 0 Å². The van der Waals surface area contributed by atoms with Crippen molar-refractivity contribution in [3.05, 3.63) is 16.4 Å². The van der Waals surface area contributed by atoms with Crippen LogP contribution in [-0.4, -0.2) is 48.4 Å². The minimum Gasteiger partial charge on any atom is -0.316 e. The highest BCUT2D eigenvalue weighted by atomic mass is 79.9. The number of rotatable bonds is 9. The number of hydrogen-bond donors (Lipinski definition) is 1. The van der Waals surface area contributed by atoms with Crippen molar-refractivity contribution in [2.75, 3.05) is 33.7 Å². The molecular formula is C16H31BrN4. The van der Waals surface area contributed by atoms with E-state index in [2.05, 4.69) is 77.7 Å². The summed E-state index contributed by atoms with van der Waals surface area (Å²) in [6.45, 7) is 13.1. The van der Waals surface area contributed by atoms with E-state index in [9.17, 15) is 0 Å². The van der Waals surface area contributed by atoms with Crippen LogP contribution in [0.5, 0.6) is 0 Å². The van der Waals surface area contributed by atoms with Crippen molar-refractivity contribution in [2.45, 2.75) is 46.1 Å². The molecule has 0 aliphatic rings. The normalized spacial score (nSPS) is 12.6. The molecule has 0 radical (unpaired) electrons. The predicted molar refractivity (Wildman–Crippen MR) is 93.8 cm³/mol. The Hall–Kier alpha value is -0.390. The van der Waals surface area contributed by atoms with Gasteiger partial charge in [-0.05, 0) is 55.5 Å². The van der Waals surface area contributed by atoms with Gasteiger partial charge >= 0.3 is 0 Å². The Kier molecular flexibility index (Phi) is 7.37. The zero-order chi connectivity index (χ0) is 16.0. The van der Waals surface area contributed by atoms with Crippen molar-refractivity contribution in [1.82, 2.24) is 20.0 Å². The van der Waals surface area contributed by atoms with Crippen LogP contribution in [0.4, 0.5) is 0 Å². The van der Waals surface area contributed by atoms with Crippen LogP contribution in [0, 0.1) is 5.92 Å². The van der Waals surface area contributed by atoms with Crippen LogP contribution in [0.3, 0.4) is 0 Å². The molecule has 1 N–H and O–H groups in total. The lowest BCUT2D eigenvalue weighted by molar-refractivity contribution is 0.349. The fraction of sp³-hybridized carbons (Fsp3) is 0.812. The molecule has 0 spiro atoms. The molecular weight excluding hydrogens is 328 g/mol. The molecule has 0 aromatic carbocycles. The lowest BCUT2D eigenvalue weighted by atomic mass is 9.85. The summed E-state index contributed by atoms with van der Waals surface area (Å²) in [5.41, 5.74) is 1.40. The van der Waals surface area contributed by atoms with Gasteiger partial charge in [0.1, 0.15) is 0 Å². The SMILES string of the molecule is CC(C)CNCCC(C)(C)c1c(Br)cnn1CCN(C)C. The quantitative estimate of drug-likeness (QED) is 0.688. The molecule has 1 heterocycles. The van der Waals surface area contributed by atoms with E-state index < -0.39 is 0 Å². The third kappa shape index (κ3) is 6.09. The summed E-state index contributed by atoms with van der Waals surface area (Å²) in [5.74, 6) is 0.700. The molecule has 0 saturated heterocycles. The number of likely N-dealkylation sites (N-methyl/N-ethyl adjacent to an activating group) is 1. The van der Waals surface area contributed by atoms with Gasteiger partial charge in [0.15, 0.2) is 0 Å².